The van der Waals surface area contributed by atoms with Crippen molar-refractivity contribution in [3.63, 3.8) is 0 Å². The Morgan fingerprint density at radius 1 is 1.09 bits per heavy atom. The van der Waals surface area contributed by atoms with Crippen molar-refractivity contribution >= 4 is 17.8 Å². The topological polar surface area (TPSA) is 84.6 Å². The fourth-order valence-corrected chi connectivity index (χ4v) is 3.44. The molecule has 0 spiro atoms. The third kappa shape index (κ3) is 4.96. The van der Waals surface area contributed by atoms with E-state index in [0.717, 1.165) is 35.8 Å². The number of hydrogen-bond acceptors (Lipinski definition) is 7. The SMILES string of the molecule is COc1ccc(/C=C\C(=O)N2CCN(c3ccc(-c4noc(C(C)C)n4)cn3)CC2)cc1. The van der Waals surface area contributed by atoms with Gasteiger partial charge in [0, 0.05) is 49.9 Å². The number of pyridine rings is 1. The predicted octanol–water partition coefficient (Wildman–Crippen LogP) is 3.63. The highest BCUT2D eigenvalue weighted by atomic mass is 16.5. The summed E-state index contributed by atoms with van der Waals surface area (Å²) in [6.07, 6.45) is 5.22. The van der Waals surface area contributed by atoms with Gasteiger partial charge in [-0.1, -0.05) is 31.1 Å². The smallest absolute Gasteiger partial charge is 0.246 e. The minimum absolute atomic E-state index is 0.0156. The van der Waals surface area contributed by atoms with Crippen molar-refractivity contribution in [1.29, 1.82) is 0 Å². The zero-order valence-corrected chi connectivity index (χ0v) is 18.6. The molecule has 0 unspecified atom stereocenters. The first kappa shape index (κ1) is 21.5. The van der Waals surface area contributed by atoms with Crippen LogP contribution >= 0.6 is 0 Å². The number of amides is 1. The maximum absolute atomic E-state index is 12.5. The standard InChI is InChI=1S/C24H27N5O3/c1-17(2)24-26-23(27-32-24)19-7-10-21(25-16-19)28-12-14-29(15-13-28)22(30)11-6-18-4-8-20(31-3)9-5-18/h4-11,16-17H,12-15H2,1-3H3/b11-6-. The van der Waals surface area contributed by atoms with Crippen LogP contribution in [-0.2, 0) is 4.79 Å². The van der Waals surface area contributed by atoms with E-state index in [1.807, 2.05) is 61.2 Å². The molecular weight excluding hydrogens is 406 g/mol. The second kappa shape index (κ2) is 9.64. The normalized spacial score (nSPS) is 14.4. The van der Waals surface area contributed by atoms with Gasteiger partial charge < -0.3 is 19.1 Å². The Labute approximate surface area is 187 Å². The first-order chi connectivity index (χ1) is 15.5. The molecule has 1 aromatic carbocycles. The van der Waals surface area contributed by atoms with Crippen molar-refractivity contribution in [2.75, 3.05) is 38.2 Å². The number of piperazine rings is 1. The first-order valence-corrected chi connectivity index (χ1v) is 10.7. The lowest BCUT2D eigenvalue weighted by Crippen LogP contribution is -2.48. The number of ether oxygens (including phenoxy) is 1. The highest BCUT2D eigenvalue weighted by Gasteiger charge is 2.21. The molecule has 32 heavy (non-hydrogen) atoms. The average molecular weight is 434 g/mol. The maximum atomic E-state index is 12.5. The molecule has 1 saturated heterocycles. The Kier molecular flexibility index (Phi) is 6.49. The van der Waals surface area contributed by atoms with Gasteiger partial charge in [0.25, 0.3) is 0 Å². The van der Waals surface area contributed by atoms with Crippen LogP contribution in [0.3, 0.4) is 0 Å². The zero-order valence-electron chi connectivity index (χ0n) is 18.6. The zero-order chi connectivity index (χ0) is 22.5. The van der Waals surface area contributed by atoms with Gasteiger partial charge >= 0.3 is 0 Å². The lowest BCUT2D eigenvalue weighted by Gasteiger charge is -2.35. The van der Waals surface area contributed by atoms with Crippen LogP contribution in [0.15, 0.2) is 53.2 Å². The predicted molar refractivity (Wildman–Crippen MR) is 122 cm³/mol. The molecule has 0 saturated carbocycles. The van der Waals surface area contributed by atoms with Crippen molar-refractivity contribution < 1.29 is 14.1 Å². The molecule has 3 heterocycles. The van der Waals surface area contributed by atoms with E-state index in [1.54, 1.807) is 19.4 Å². The molecule has 0 bridgehead atoms. The van der Waals surface area contributed by atoms with Crippen LogP contribution < -0.4 is 9.64 Å². The Hall–Kier alpha value is -3.68. The summed E-state index contributed by atoms with van der Waals surface area (Å²) in [6, 6.07) is 11.5. The molecular formula is C24H27N5O3. The molecule has 0 atom stereocenters. The first-order valence-electron chi connectivity index (χ1n) is 10.7. The van der Waals surface area contributed by atoms with Crippen molar-refractivity contribution in [2.45, 2.75) is 19.8 Å². The molecule has 1 aliphatic rings. The summed E-state index contributed by atoms with van der Waals surface area (Å²) < 4.78 is 10.4. The number of benzene rings is 1. The van der Waals surface area contributed by atoms with Crippen LogP contribution in [0.25, 0.3) is 17.5 Å². The summed E-state index contributed by atoms with van der Waals surface area (Å²) in [7, 11) is 1.63. The fraction of sp³-hybridized carbons (Fsp3) is 0.333. The number of carbonyl (C=O) groups excluding carboxylic acids is 1. The highest BCUT2D eigenvalue weighted by Crippen LogP contribution is 2.21. The van der Waals surface area contributed by atoms with Crippen LogP contribution in [-0.4, -0.2) is 59.2 Å². The number of hydrogen-bond donors (Lipinski definition) is 0. The fourth-order valence-electron chi connectivity index (χ4n) is 3.44. The number of aromatic nitrogens is 3. The van der Waals surface area contributed by atoms with E-state index < -0.39 is 0 Å². The lowest BCUT2D eigenvalue weighted by molar-refractivity contribution is -0.126. The maximum Gasteiger partial charge on any atom is 0.246 e. The van der Waals surface area contributed by atoms with Crippen molar-refractivity contribution in [3.05, 3.63) is 60.1 Å². The minimum Gasteiger partial charge on any atom is -0.497 e. The third-order valence-electron chi connectivity index (χ3n) is 5.39. The Morgan fingerprint density at radius 3 is 2.44 bits per heavy atom. The van der Waals surface area contributed by atoms with Gasteiger partial charge in [-0.05, 0) is 35.9 Å². The van der Waals surface area contributed by atoms with E-state index in [-0.39, 0.29) is 11.8 Å². The molecule has 0 radical (unpaired) electrons. The summed E-state index contributed by atoms with van der Waals surface area (Å²) in [5.74, 6) is 3.04. The number of anilines is 1. The lowest BCUT2D eigenvalue weighted by atomic mass is 10.2. The van der Waals surface area contributed by atoms with Crippen LogP contribution in [0, 0.1) is 0 Å². The molecule has 8 heteroatoms. The summed E-state index contributed by atoms with van der Waals surface area (Å²) in [6.45, 7) is 6.79. The van der Waals surface area contributed by atoms with Gasteiger partial charge in [-0.3, -0.25) is 4.79 Å². The van der Waals surface area contributed by atoms with E-state index >= 15 is 0 Å². The van der Waals surface area contributed by atoms with E-state index in [4.69, 9.17) is 9.26 Å². The molecule has 1 fully saturated rings. The number of carbonyl (C=O) groups is 1. The monoisotopic (exact) mass is 433 g/mol. The van der Waals surface area contributed by atoms with E-state index in [2.05, 4.69) is 20.0 Å². The summed E-state index contributed by atoms with van der Waals surface area (Å²) in [4.78, 5) is 25.6. The van der Waals surface area contributed by atoms with Crippen LogP contribution in [0.5, 0.6) is 5.75 Å². The van der Waals surface area contributed by atoms with Crippen LogP contribution in [0.1, 0.15) is 31.2 Å². The second-order valence-corrected chi connectivity index (χ2v) is 7.93. The summed E-state index contributed by atoms with van der Waals surface area (Å²) in [5.41, 5.74) is 1.78. The minimum atomic E-state index is 0.0156. The molecule has 2 aromatic heterocycles. The van der Waals surface area contributed by atoms with Crippen LogP contribution in [0.4, 0.5) is 5.82 Å². The molecule has 8 nitrogen and oxygen atoms in total. The van der Waals surface area contributed by atoms with Gasteiger partial charge in [0.15, 0.2) is 0 Å². The average Bonchev–Trinajstić information content (AvgIpc) is 3.34. The van der Waals surface area contributed by atoms with Gasteiger partial charge in [0.05, 0.1) is 7.11 Å². The highest BCUT2D eigenvalue weighted by molar-refractivity contribution is 5.92. The largest absolute Gasteiger partial charge is 0.497 e. The van der Waals surface area contributed by atoms with Gasteiger partial charge in [-0.15, -0.1) is 0 Å². The van der Waals surface area contributed by atoms with Crippen molar-refractivity contribution in [1.82, 2.24) is 20.0 Å². The molecule has 166 valence electrons. The number of rotatable bonds is 6. The Morgan fingerprint density at radius 2 is 1.84 bits per heavy atom. The van der Waals surface area contributed by atoms with E-state index in [1.165, 1.54) is 0 Å². The molecule has 0 N–H and O–H groups in total. The van der Waals surface area contributed by atoms with Crippen molar-refractivity contribution in [2.24, 2.45) is 0 Å². The van der Waals surface area contributed by atoms with E-state index in [0.29, 0.717) is 24.8 Å². The van der Waals surface area contributed by atoms with Gasteiger partial charge in [-0.2, -0.15) is 4.98 Å². The summed E-state index contributed by atoms with van der Waals surface area (Å²) in [5, 5.41) is 4.03. The number of methoxy groups -OCH3 is 1. The third-order valence-corrected chi connectivity index (χ3v) is 5.39. The molecule has 4 rings (SSSR count). The molecule has 1 amide bonds. The molecule has 1 aliphatic heterocycles. The van der Waals surface area contributed by atoms with Gasteiger partial charge in [-0.25, -0.2) is 4.98 Å². The molecule has 0 aliphatic carbocycles. The van der Waals surface area contributed by atoms with Crippen LogP contribution in [0.2, 0.25) is 0 Å². The van der Waals surface area contributed by atoms with E-state index in [9.17, 15) is 4.79 Å². The quantitative estimate of drug-likeness (QED) is 0.549. The molecule has 3 aromatic rings. The summed E-state index contributed by atoms with van der Waals surface area (Å²) >= 11 is 0. The second-order valence-electron chi connectivity index (χ2n) is 7.93. The van der Waals surface area contributed by atoms with Crippen molar-refractivity contribution in [3.8, 4) is 17.1 Å². The number of nitrogens with zero attached hydrogens (tertiary/aromatic N) is 5. The van der Waals surface area contributed by atoms with Gasteiger partial charge in [0.1, 0.15) is 11.6 Å². The Balaban J connectivity index is 1.31. The van der Waals surface area contributed by atoms with Gasteiger partial charge in [0.2, 0.25) is 17.6 Å². The Bertz CT molecular complexity index is 1070.